The number of amides is 6. The van der Waals surface area contributed by atoms with Gasteiger partial charge in [-0.15, -0.1) is 0 Å². The summed E-state index contributed by atoms with van der Waals surface area (Å²) in [4.78, 5) is 103. The van der Waals surface area contributed by atoms with Crippen molar-refractivity contribution >= 4 is 68.1 Å². The first-order chi connectivity index (χ1) is 59.4. The van der Waals surface area contributed by atoms with Gasteiger partial charge in [-0.2, -0.15) is 69.5 Å². The number of imidazole rings is 4. The highest BCUT2D eigenvalue weighted by atomic mass is 32.2. The van der Waals surface area contributed by atoms with Gasteiger partial charge in [0.1, 0.15) is 68.8 Å². The summed E-state index contributed by atoms with van der Waals surface area (Å²) in [6, 6.07) is 24.6. The number of piperazine rings is 5. The highest BCUT2D eigenvalue weighted by Crippen LogP contribution is 2.39. The van der Waals surface area contributed by atoms with Crippen LogP contribution >= 0.6 is 0 Å². The second-order valence-electron chi connectivity index (χ2n) is 29.2. The standard InChI is InChI=1S/C21H18F4N6O2.C21H19F4N5O2.C20H19F4N5O3S.C19H17FN6O/c22-13-3-1-12(2-4-13)15-9-14(21(23,24)25)18-27-16(10-31(18)28-15)20(33)30-8-7-29-6-5-26-19(32)17(29)11-30;1-2-18(31)28-7-9-29(10-8-28)20(32)17-12-30-19(26-17)15(21(23,24)25)11-16(27-30)13-3-5-14(22)6-4-13;1-2-33(31,32)28-9-7-27(8-10-28)19(30)17-12-29-18(25-17)15(20(22,23)24)11-16(26-29)13-3-5-14(21)6-4-13;1-13-10-16(14-2-4-15(20)5-3-14)23-26-11-17(22-18(13)26)19(27)25-8-6-24(12-21)7-9-25/h1-4,9-10,17H,5-8,11H2,(H,26,32);3-6,11-12H,2,7-10H2,1H3;3-6,11-12H,2,7-10H2,1H3;2-5,10-11H,6-9H2,1H3. The molecule has 0 radical (unpaired) electrons. The summed E-state index contributed by atoms with van der Waals surface area (Å²) in [7, 11) is -3.39. The predicted octanol–water partition coefficient (Wildman–Crippen LogP) is 9.80. The Hall–Kier alpha value is -13.6. The van der Waals surface area contributed by atoms with Crippen LogP contribution in [0, 0.1) is 41.6 Å². The third kappa shape index (κ3) is 19.4. The molecule has 1 unspecified atom stereocenters. The number of aryl methyl sites for hydroxylation is 1. The molecular weight excluding hydrogens is 1690 g/mol. The number of carbonyl (C=O) groups is 6. The monoisotopic (exact) mass is 1760 g/mol. The van der Waals surface area contributed by atoms with E-state index in [0.29, 0.717) is 88.9 Å². The molecular formula is C81H73F13N22O8S. The number of aromatic nitrogens is 12. The van der Waals surface area contributed by atoms with Crippen LogP contribution in [0.15, 0.2) is 146 Å². The quantitative estimate of drug-likeness (QED) is 0.0929. The number of fused-ring (bicyclic) bond motifs is 5. The van der Waals surface area contributed by atoms with Crippen LogP contribution in [0.3, 0.4) is 0 Å². The van der Waals surface area contributed by atoms with Crippen LogP contribution in [-0.4, -0.2) is 264 Å². The molecule has 125 heavy (non-hydrogen) atoms. The highest BCUT2D eigenvalue weighted by molar-refractivity contribution is 7.89. The zero-order chi connectivity index (χ0) is 89.3. The molecule has 1 N–H and O–H groups in total. The van der Waals surface area contributed by atoms with E-state index in [1.165, 1.54) is 74.5 Å². The first-order valence-electron chi connectivity index (χ1n) is 38.8. The Balaban J connectivity index is 0.000000136. The van der Waals surface area contributed by atoms with E-state index >= 15 is 0 Å². The van der Waals surface area contributed by atoms with E-state index in [9.17, 15) is 94.3 Å². The van der Waals surface area contributed by atoms with Crippen LogP contribution < -0.4 is 5.32 Å². The van der Waals surface area contributed by atoms with E-state index in [4.69, 9.17) is 5.26 Å². The van der Waals surface area contributed by atoms with E-state index in [-0.39, 0.29) is 126 Å². The van der Waals surface area contributed by atoms with Gasteiger partial charge in [-0.3, -0.25) is 33.7 Å². The van der Waals surface area contributed by atoms with Crippen LogP contribution in [-0.2, 0) is 38.1 Å². The number of sulfonamides is 1. The number of alkyl halides is 9. The Morgan fingerprint density at radius 1 is 0.432 bits per heavy atom. The SMILES string of the molecule is CCC(=O)N1CCN(C(=O)c2cn3nc(-c4ccc(F)cc4)cc(C(F)(F)F)c3n2)CC1.CCS(=O)(=O)N1CCN(C(=O)c2cn3nc(-c4ccc(F)cc4)cc(C(F)(F)F)c3n2)CC1.Cc1cc(-c2ccc(F)cc2)nn2cc(C(=O)N3CCN(C#N)CC3)nc12.O=C1NCCN2CCN(C(=O)c3cn4nc(-c5ccc(F)cc5)cc(C(F)(F)F)c4n3)CC12. The number of halogens is 13. The summed E-state index contributed by atoms with van der Waals surface area (Å²) in [6.45, 7) is 11.0. The Bertz CT molecular complexity index is 6260. The molecule has 652 valence electrons. The van der Waals surface area contributed by atoms with E-state index < -0.39 is 103 Å². The molecule has 6 amide bonds. The lowest BCUT2D eigenvalue weighted by atomic mass is 10.1. The van der Waals surface area contributed by atoms with Crippen molar-refractivity contribution in [1.29, 1.82) is 5.26 Å². The van der Waals surface area contributed by atoms with Crippen molar-refractivity contribution in [1.82, 2.24) is 102 Å². The Morgan fingerprint density at radius 3 is 1.09 bits per heavy atom. The summed E-state index contributed by atoms with van der Waals surface area (Å²) in [5.74, 6) is -4.05. The van der Waals surface area contributed by atoms with Gasteiger partial charge in [0.05, 0.1) is 53.3 Å². The average Bonchev–Trinajstić information content (AvgIpc) is 1.67. The molecule has 0 aliphatic carbocycles. The van der Waals surface area contributed by atoms with Crippen molar-refractivity contribution in [2.75, 3.05) is 117 Å². The number of nitrogens with one attached hydrogen (secondary N) is 1. The fourth-order valence-electron chi connectivity index (χ4n) is 14.5. The van der Waals surface area contributed by atoms with Crippen molar-refractivity contribution in [2.24, 2.45) is 0 Å². The van der Waals surface area contributed by atoms with Gasteiger partial charge in [0.25, 0.3) is 23.6 Å². The lowest BCUT2D eigenvalue weighted by Crippen LogP contribution is -2.64. The van der Waals surface area contributed by atoms with Crippen molar-refractivity contribution in [3.8, 4) is 51.2 Å². The smallest absolute Gasteiger partial charge is 0.353 e. The molecule has 0 saturated carbocycles. The summed E-state index contributed by atoms with van der Waals surface area (Å²) in [5, 5.41) is 28.6. The number of rotatable bonds is 11. The van der Waals surface area contributed by atoms with Crippen molar-refractivity contribution < 1.29 is 94.3 Å². The molecule has 5 fully saturated rings. The van der Waals surface area contributed by atoms with Crippen LogP contribution in [0.1, 0.15) is 84.5 Å². The van der Waals surface area contributed by atoms with Crippen LogP contribution in [0.2, 0.25) is 0 Å². The minimum atomic E-state index is -4.77. The van der Waals surface area contributed by atoms with Gasteiger partial charge in [-0.05, 0) is 141 Å². The van der Waals surface area contributed by atoms with Crippen LogP contribution in [0.25, 0.3) is 67.6 Å². The fraction of sp³-hybridized carbons (Fsp3) is 0.321. The molecule has 1 atom stereocenters. The van der Waals surface area contributed by atoms with Gasteiger partial charge in [0.15, 0.2) is 28.8 Å². The van der Waals surface area contributed by atoms with Crippen LogP contribution in [0.4, 0.5) is 57.1 Å². The van der Waals surface area contributed by atoms with Gasteiger partial charge < -0.3 is 34.7 Å². The molecule has 12 aromatic rings. The first kappa shape index (κ1) is 87.8. The highest BCUT2D eigenvalue weighted by Gasteiger charge is 2.42. The molecule has 44 heteroatoms. The molecule has 8 aromatic heterocycles. The maximum Gasteiger partial charge on any atom is 0.420 e. The summed E-state index contributed by atoms with van der Waals surface area (Å²) in [6.07, 6.45) is -6.77. The van der Waals surface area contributed by atoms with Gasteiger partial charge in [0, 0.05) is 140 Å². The maximum absolute atomic E-state index is 13.8. The second-order valence-corrected chi connectivity index (χ2v) is 31.5. The zero-order valence-corrected chi connectivity index (χ0v) is 67.2. The second kappa shape index (κ2) is 35.7. The van der Waals surface area contributed by atoms with E-state index in [0.717, 1.165) is 97.9 Å². The van der Waals surface area contributed by atoms with Crippen LogP contribution in [0.5, 0.6) is 0 Å². The molecule has 5 aliphatic rings. The molecule has 0 spiro atoms. The lowest BCUT2D eigenvalue weighted by Gasteiger charge is -2.42. The number of hydrogen-bond acceptors (Lipinski definition) is 19. The van der Waals surface area contributed by atoms with Gasteiger partial charge in [-0.1, -0.05) is 6.92 Å². The minimum Gasteiger partial charge on any atom is -0.353 e. The van der Waals surface area contributed by atoms with Gasteiger partial charge in [0.2, 0.25) is 21.8 Å². The fourth-order valence-corrected chi connectivity index (χ4v) is 15.6. The Labute approximate surface area is 701 Å². The van der Waals surface area contributed by atoms with Crippen molar-refractivity contribution in [3.05, 3.63) is 214 Å². The van der Waals surface area contributed by atoms with E-state index in [1.54, 1.807) is 44.5 Å². The molecule has 30 nitrogen and oxygen atoms in total. The average molecular weight is 1760 g/mol. The summed E-state index contributed by atoms with van der Waals surface area (Å²) >= 11 is 0. The zero-order valence-electron chi connectivity index (χ0n) is 66.3. The van der Waals surface area contributed by atoms with Gasteiger partial charge >= 0.3 is 18.5 Å². The molecule has 17 rings (SSSR count). The predicted molar refractivity (Wildman–Crippen MR) is 420 cm³/mol. The normalized spacial score (nSPS) is 16.2. The van der Waals surface area contributed by atoms with E-state index in [2.05, 4.69) is 51.8 Å². The van der Waals surface area contributed by atoms with Crippen molar-refractivity contribution in [3.63, 3.8) is 0 Å². The lowest BCUT2D eigenvalue weighted by molar-refractivity contribution is -0.137. The Kier molecular flexibility index (Phi) is 25.1. The molecule has 5 aliphatic heterocycles. The number of hydrogen-bond donors (Lipinski definition) is 1. The number of nitriles is 1. The minimum absolute atomic E-state index is 0.0165. The molecule has 13 heterocycles. The summed E-state index contributed by atoms with van der Waals surface area (Å²) < 4.78 is 206. The van der Waals surface area contributed by atoms with Gasteiger partial charge in [-0.25, -0.2) is 64.0 Å². The topological polar surface area (TPSA) is 319 Å². The summed E-state index contributed by atoms with van der Waals surface area (Å²) in [5.41, 5.74) is -1.39. The third-order valence-electron chi connectivity index (χ3n) is 21.2. The molecule has 5 saturated heterocycles. The molecule has 4 aromatic carbocycles. The molecule has 0 bridgehead atoms. The maximum atomic E-state index is 13.8. The van der Waals surface area contributed by atoms with Crippen molar-refractivity contribution in [2.45, 2.75) is 51.8 Å². The third-order valence-corrected chi connectivity index (χ3v) is 23.1. The van der Waals surface area contributed by atoms with E-state index in [1.807, 2.05) is 17.9 Å². The largest absolute Gasteiger partial charge is 0.420 e. The number of nitrogens with zero attached hydrogens (tertiary/aromatic N) is 21. The number of carbonyl (C=O) groups excluding carboxylic acids is 6. The Morgan fingerprint density at radius 2 is 0.744 bits per heavy atom. The number of benzene rings is 4. The first-order valence-corrected chi connectivity index (χ1v) is 40.5.